The van der Waals surface area contributed by atoms with E-state index in [1.165, 1.54) is 28.5 Å². The largest absolute Gasteiger partial charge is 0.491 e. The second-order valence-corrected chi connectivity index (χ2v) is 12.8. The van der Waals surface area contributed by atoms with Crippen LogP contribution in [0.2, 0.25) is 0 Å². The van der Waals surface area contributed by atoms with Crippen LogP contribution in [0.1, 0.15) is 43.5 Å². The van der Waals surface area contributed by atoms with E-state index in [1.54, 1.807) is 49.7 Å². The predicted molar refractivity (Wildman–Crippen MR) is 183 cm³/mol. The minimum absolute atomic E-state index is 0.0430. The Bertz CT molecular complexity index is 2200. The zero-order valence-corrected chi connectivity index (χ0v) is 27.7. The molecule has 0 aliphatic carbocycles. The number of thiazole rings is 1. The molecule has 1 aliphatic heterocycles. The lowest BCUT2D eigenvalue weighted by molar-refractivity contribution is -0.384. The van der Waals surface area contributed by atoms with Crippen molar-refractivity contribution in [1.82, 2.24) is 14.5 Å². The van der Waals surface area contributed by atoms with Crippen LogP contribution in [0.5, 0.6) is 5.75 Å². The third kappa shape index (κ3) is 6.82. The van der Waals surface area contributed by atoms with E-state index < -0.39 is 22.5 Å². The van der Waals surface area contributed by atoms with Crippen molar-refractivity contribution in [1.29, 1.82) is 0 Å². The van der Waals surface area contributed by atoms with Crippen LogP contribution >= 0.6 is 23.1 Å². The normalized spacial score (nSPS) is 14.4. The molecule has 48 heavy (non-hydrogen) atoms. The highest BCUT2D eigenvalue weighted by atomic mass is 32.2. The monoisotopic (exact) mass is 679 g/mol. The van der Waals surface area contributed by atoms with Gasteiger partial charge in [-0.2, -0.15) is 0 Å². The Morgan fingerprint density at radius 3 is 2.46 bits per heavy atom. The van der Waals surface area contributed by atoms with Crippen LogP contribution in [0.4, 0.5) is 5.69 Å². The molecule has 0 saturated carbocycles. The van der Waals surface area contributed by atoms with Gasteiger partial charge in [0.1, 0.15) is 5.75 Å². The van der Waals surface area contributed by atoms with Crippen molar-refractivity contribution in [2.75, 3.05) is 6.61 Å². The van der Waals surface area contributed by atoms with Crippen LogP contribution in [0, 0.1) is 10.1 Å². The number of aromatic nitrogens is 3. The summed E-state index contributed by atoms with van der Waals surface area (Å²) < 4.78 is 13.2. The lowest BCUT2D eigenvalue weighted by Crippen LogP contribution is -2.40. The predicted octanol–water partition coefficient (Wildman–Crippen LogP) is 5.57. The van der Waals surface area contributed by atoms with Crippen LogP contribution in [-0.2, 0) is 9.53 Å². The lowest BCUT2D eigenvalue weighted by atomic mass is 9.93. The molecule has 1 atom stereocenters. The van der Waals surface area contributed by atoms with Gasteiger partial charge in [-0.05, 0) is 74.0 Å². The van der Waals surface area contributed by atoms with Crippen molar-refractivity contribution in [3.8, 4) is 5.75 Å². The van der Waals surface area contributed by atoms with E-state index >= 15 is 0 Å². The summed E-state index contributed by atoms with van der Waals surface area (Å²) >= 11 is 2.35. The standard InChI is InChI=1S/C35H29N5O6S2/c1-4-45-33(42)29-30(22-9-6-5-7-10-22)38-35-39(31(29)23-11-14-26(15-12-23)46-21(2)3)32(41)28(48-35)20-24-19-25(40(43)44)13-16-27(24)47-34-36-17-8-18-37-34/h5-21,31H,4H2,1-3H3/b28-20-/t31-/m0/s1. The number of esters is 1. The number of benzene rings is 3. The highest BCUT2D eigenvalue weighted by Gasteiger charge is 2.35. The molecule has 6 rings (SSSR count). The molecule has 0 saturated heterocycles. The average Bonchev–Trinajstić information content (AvgIpc) is 3.39. The van der Waals surface area contributed by atoms with E-state index in [1.807, 2.05) is 56.3 Å². The molecule has 0 N–H and O–H groups in total. The maximum absolute atomic E-state index is 14.4. The van der Waals surface area contributed by atoms with Crippen molar-refractivity contribution < 1.29 is 19.2 Å². The van der Waals surface area contributed by atoms with Gasteiger partial charge in [0.15, 0.2) is 9.96 Å². The summed E-state index contributed by atoms with van der Waals surface area (Å²) in [6, 6.07) is 21.7. The number of hydrogen-bond donors (Lipinski definition) is 0. The van der Waals surface area contributed by atoms with Gasteiger partial charge in [-0.1, -0.05) is 53.8 Å². The van der Waals surface area contributed by atoms with Crippen molar-refractivity contribution in [3.05, 3.63) is 143 Å². The van der Waals surface area contributed by atoms with Gasteiger partial charge < -0.3 is 9.47 Å². The number of hydrogen-bond acceptors (Lipinski definition) is 11. The molecule has 0 bridgehead atoms. The molecule has 3 aromatic carbocycles. The number of nitro benzene ring substituents is 1. The summed E-state index contributed by atoms with van der Waals surface area (Å²) in [4.78, 5) is 53.8. The Kier molecular flexibility index (Phi) is 9.60. The Morgan fingerprint density at radius 1 is 1.06 bits per heavy atom. The molecule has 11 nitrogen and oxygen atoms in total. The number of carbonyl (C=O) groups excluding carboxylic acids is 1. The van der Waals surface area contributed by atoms with Crippen LogP contribution in [0.25, 0.3) is 11.8 Å². The molecular weight excluding hydrogens is 651 g/mol. The van der Waals surface area contributed by atoms with E-state index in [4.69, 9.17) is 14.5 Å². The molecule has 242 valence electrons. The number of ether oxygens (including phenoxy) is 2. The Labute approximate surface area is 283 Å². The minimum atomic E-state index is -0.887. The van der Waals surface area contributed by atoms with E-state index in [9.17, 15) is 19.7 Å². The highest BCUT2D eigenvalue weighted by Crippen LogP contribution is 2.36. The van der Waals surface area contributed by atoms with Gasteiger partial charge in [-0.15, -0.1) is 0 Å². The first kappa shape index (κ1) is 32.5. The second kappa shape index (κ2) is 14.2. The van der Waals surface area contributed by atoms with Gasteiger partial charge in [0.05, 0.1) is 39.5 Å². The van der Waals surface area contributed by atoms with E-state index in [0.717, 1.165) is 11.3 Å². The summed E-state index contributed by atoms with van der Waals surface area (Å²) in [5, 5.41) is 12.2. The van der Waals surface area contributed by atoms with E-state index in [-0.39, 0.29) is 28.5 Å². The first-order chi connectivity index (χ1) is 23.2. The SMILES string of the molecule is CCOC(=O)C1=C(c2ccccc2)N=c2s/c(=C\c3cc([N+](=O)[O-])ccc3Sc3ncccn3)c(=O)n2[C@H]1c1ccc(OC(C)C)cc1. The maximum Gasteiger partial charge on any atom is 0.338 e. The molecule has 0 unspecified atom stereocenters. The molecule has 0 spiro atoms. The minimum Gasteiger partial charge on any atom is -0.491 e. The zero-order chi connectivity index (χ0) is 33.8. The first-order valence-corrected chi connectivity index (χ1v) is 16.6. The maximum atomic E-state index is 14.4. The molecule has 1 aliphatic rings. The van der Waals surface area contributed by atoms with Crippen molar-refractivity contribution >= 4 is 46.5 Å². The van der Waals surface area contributed by atoms with Gasteiger partial charge in [0.2, 0.25) is 0 Å². The van der Waals surface area contributed by atoms with Crippen LogP contribution in [-0.4, -0.2) is 38.1 Å². The van der Waals surface area contributed by atoms with Crippen LogP contribution in [0.15, 0.2) is 117 Å². The lowest BCUT2D eigenvalue weighted by Gasteiger charge is -2.26. The first-order valence-electron chi connectivity index (χ1n) is 15.0. The number of non-ortho nitro benzene ring substituents is 1. The molecule has 0 amide bonds. The number of rotatable bonds is 10. The van der Waals surface area contributed by atoms with Crippen molar-refractivity contribution in [2.45, 2.75) is 43.0 Å². The zero-order valence-electron chi connectivity index (χ0n) is 26.1. The highest BCUT2D eigenvalue weighted by molar-refractivity contribution is 7.99. The molecule has 0 fully saturated rings. The van der Waals surface area contributed by atoms with Gasteiger partial charge >= 0.3 is 5.97 Å². The fraction of sp³-hybridized carbons (Fsp3) is 0.171. The quantitative estimate of drug-likeness (QED) is 0.0802. The molecule has 0 radical (unpaired) electrons. The fourth-order valence-corrected chi connectivity index (χ4v) is 6.98. The Hall–Kier alpha value is -5.40. The molecule has 3 heterocycles. The number of carbonyl (C=O) groups is 1. The number of fused-ring (bicyclic) bond motifs is 1. The summed E-state index contributed by atoms with van der Waals surface area (Å²) in [5.41, 5.74) is 1.82. The summed E-state index contributed by atoms with van der Waals surface area (Å²) in [7, 11) is 0. The summed E-state index contributed by atoms with van der Waals surface area (Å²) in [6.07, 6.45) is 4.77. The van der Waals surface area contributed by atoms with Gasteiger partial charge in [0.25, 0.3) is 11.2 Å². The fourth-order valence-electron chi connectivity index (χ4n) is 5.19. The Balaban J connectivity index is 1.59. The number of nitrogens with zero attached hydrogens (tertiary/aromatic N) is 5. The molecular formula is C35H29N5O6S2. The molecule has 5 aromatic rings. The summed E-state index contributed by atoms with van der Waals surface area (Å²) in [5.74, 6) is 0.0475. The van der Waals surface area contributed by atoms with Crippen molar-refractivity contribution in [2.24, 2.45) is 4.99 Å². The second-order valence-electron chi connectivity index (χ2n) is 10.8. The van der Waals surface area contributed by atoms with E-state index in [2.05, 4.69) is 9.97 Å². The van der Waals surface area contributed by atoms with Gasteiger partial charge in [0, 0.05) is 35.0 Å². The molecule has 13 heteroatoms. The number of nitro groups is 1. The molecule has 2 aromatic heterocycles. The average molecular weight is 680 g/mol. The third-order valence-electron chi connectivity index (χ3n) is 7.18. The van der Waals surface area contributed by atoms with Crippen LogP contribution in [0.3, 0.4) is 0 Å². The summed E-state index contributed by atoms with van der Waals surface area (Å²) in [6.45, 7) is 5.70. The topological polar surface area (TPSA) is 139 Å². The van der Waals surface area contributed by atoms with Crippen LogP contribution < -0.4 is 19.6 Å². The van der Waals surface area contributed by atoms with Gasteiger partial charge in [-0.25, -0.2) is 19.8 Å². The third-order valence-corrected chi connectivity index (χ3v) is 9.14. The smallest absolute Gasteiger partial charge is 0.338 e. The van der Waals surface area contributed by atoms with Gasteiger partial charge in [-0.3, -0.25) is 19.5 Å². The Morgan fingerprint density at radius 2 is 1.79 bits per heavy atom. The van der Waals surface area contributed by atoms with Crippen molar-refractivity contribution in [3.63, 3.8) is 0 Å². The van der Waals surface area contributed by atoms with E-state index in [0.29, 0.717) is 43.0 Å².